The number of phenolic OH excluding ortho intramolecular Hbond substituents is 1. The average Bonchev–Trinajstić information content (AvgIpc) is 3.15. The van der Waals surface area contributed by atoms with E-state index in [1.165, 1.54) is 25.3 Å². The fourth-order valence-corrected chi connectivity index (χ4v) is 3.45. The van der Waals surface area contributed by atoms with Gasteiger partial charge in [-0.2, -0.15) is 5.10 Å². The minimum atomic E-state index is -0.0678. The lowest BCUT2D eigenvalue weighted by atomic mass is 9.92. The summed E-state index contributed by atoms with van der Waals surface area (Å²) in [6.07, 6.45) is 6.83. The summed E-state index contributed by atoms with van der Waals surface area (Å²) in [6.45, 7) is 5.55. The molecule has 0 saturated heterocycles. The molecular formula is C22H28N2O4. The molecule has 1 aliphatic carbocycles. The molecule has 1 saturated carbocycles. The Morgan fingerprint density at radius 1 is 1.32 bits per heavy atom. The largest absolute Gasteiger partial charge is 0.507 e. The molecule has 0 unspecified atom stereocenters. The van der Waals surface area contributed by atoms with E-state index in [4.69, 9.17) is 9.47 Å². The second kappa shape index (κ2) is 9.55. The van der Waals surface area contributed by atoms with E-state index < -0.39 is 0 Å². The monoisotopic (exact) mass is 384 g/mol. The fraction of sp³-hybridized carbons (Fsp3) is 0.455. The summed E-state index contributed by atoms with van der Waals surface area (Å²) in [5.74, 6) is 0.326. The van der Waals surface area contributed by atoms with Crippen LogP contribution in [0.2, 0.25) is 0 Å². The summed E-state index contributed by atoms with van der Waals surface area (Å²) in [5.41, 5.74) is 3.55. The van der Waals surface area contributed by atoms with Crippen LogP contribution < -0.4 is 4.74 Å². The molecule has 1 fully saturated rings. The highest BCUT2D eigenvalue weighted by atomic mass is 16.5. The van der Waals surface area contributed by atoms with Gasteiger partial charge in [-0.3, -0.25) is 9.48 Å². The molecule has 4 rings (SSSR count). The number of ether oxygens (including phenoxy) is 2. The first kappa shape index (κ1) is 20.1. The van der Waals surface area contributed by atoms with E-state index >= 15 is 0 Å². The van der Waals surface area contributed by atoms with Gasteiger partial charge < -0.3 is 14.6 Å². The molecule has 1 N–H and O–H groups in total. The third-order valence-corrected chi connectivity index (χ3v) is 5.18. The number of benzene rings is 1. The SMILES string of the molecule is CC.O=Cc1c(O)cccc1OCC1=C(c2ccnn2C2CCC2)COCC1. The number of rotatable bonds is 6. The predicted octanol–water partition coefficient (Wildman–Crippen LogP) is 4.41. The number of aromatic hydroxyl groups is 1. The van der Waals surface area contributed by atoms with Crippen LogP contribution in [0.15, 0.2) is 36.0 Å². The first-order valence-corrected chi connectivity index (χ1v) is 10.0. The van der Waals surface area contributed by atoms with Crippen LogP contribution >= 0.6 is 0 Å². The van der Waals surface area contributed by atoms with Crippen molar-refractivity contribution < 1.29 is 19.4 Å². The lowest BCUT2D eigenvalue weighted by molar-refractivity contribution is 0.111. The van der Waals surface area contributed by atoms with Crippen LogP contribution in [0, 0.1) is 0 Å². The molecule has 1 aromatic carbocycles. The highest BCUT2D eigenvalue weighted by molar-refractivity contribution is 5.83. The molecule has 28 heavy (non-hydrogen) atoms. The summed E-state index contributed by atoms with van der Waals surface area (Å²) >= 11 is 0. The van der Waals surface area contributed by atoms with Gasteiger partial charge in [0.25, 0.3) is 0 Å². The van der Waals surface area contributed by atoms with Crippen molar-refractivity contribution in [2.24, 2.45) is 0 Å². The van der Waals surface area contributed by atoms with Crippen LogP contribution in [-0.4, -0.2) is 41.0 Å². The lowest BCUT2D eigenvalue weighted by Crippen LogP contribution is -2.23. The number of hydrogen-bond acceptors (Lipinski definition) is 5. The third-order valence-electron chi connectivity index (χ3n) is 5.18. The second-order valence-electron chi connectivity index (χ2n) is 6.73. The zero-order valence-corrected chi connectivity index (χ0v) is 16.6. The Morgan fingerprint density at radius 2 is 2.14 bits per heavy atom. The molecule has 0 atom stereocenters. The number of phenols is 1. The molecule has 2 aliphatic rings. The van der Waals surface area contributed by atoms with Crippen LogP contribution in [0.1, 0.15) is 61.6 Å². The zero-order valence-electron chi connectivity index (χ0n) is 16.6. The molecule has 6 heteroatoms. The Balaban J connectivity index is 0.00000109. The Hall–Kier alpha value is -2.60. The van der Waals surface area contributed by atoms with Gasteiger partial charge >= 0.3 is 0 Å². The highest BCUT2D eigenvalue weighted by Crippen LogP contribution is 2.35. The van der Waals surface area contributed by atoms with Crippen molar-refractivity contribution >= 4 is 11.9 Å². The quantitative estimate of drug-likeness (QED) is 0.747. The van der Waals surface area contributed by atoms with Crippen molar-refractivity contribution in [3.63, 3.8) is 0 Å². The smallest absolute Gasteiger partial charge is 0.157 e. The van der Waals surface area contributed by atoms with Gasteiger partial charge in [0.05, 0.1) is 30.5 Å². The number of nitrogens with zero attached hydrogens (tertiary/aromatic N) is 2. The van der Waals surface area contributed by atoms with E-state index in [0.29, 0.717) is 37.9 Å². The van der Waals surface area contributed by atoms with Crippen molar-refractivity contribution in [2.75, 3.05) is 19.8 Å². The molecule has 2 heterocycles. The standard InChI is InChI=1S/C20H22N2O4.C2H6/c23-11-16-19(24)5-2-6-20(16)26-12-14-8-10-25-13-17(14)18-7-9-21-22(18)15-3-1-4-15;1-2/h2,5-7,9,11,15,24H,1,3-4,8,10,12-13H2;1-2H3. The second-order valence-corrected chi connectivity index (χ2v) is 6.73. The normalized spacial score (nSPS) is 16.8. The van der Waals surface area contributed by atoms with Crippen molar-refractivity contribution in [3.8, 4) is 11.5 Å². The van der Waals surface area contributed by atoms with E-state index in [2.05, 4.69) is 9.78 Å². The molecule has 2 aromatic rings. The molecule has 0 bridgehead atoms. The van der Waals surface area contributed by atoms with Gasteiger partial charge in [0.2, 0.25) is 0 Å². The Bertz CT molecular complexity index is 837. The predicted molar refractivity (Wildman–Crippen MR) is 108 cm³/mol. The maximum absolute atomic E-state index is 11.2. The Labute approximate surface area is 165 Å². The maximum Gasteiger partial charge on any atom is 0.157 e. The van der Waals surface area contributed by atoms with Gasteiger partial charge in [0, 0.05) is 11.8 Å². The fourth-order valence-electron chi connectivity index (χ4n) is 3.45. The van der Waals surface area contributed by atoms with Crippen LogP contribution in [-0.2, 0) is 4.74 Å². The molecule has 0 amide bonds. The summed E-state index contributed by atoms with van der Waals surface area (Å²) in [7, 11) is 0. The Morgan fingerprint density at radius 3 is 2.86 bits per heavy atom. The summed E-state index contributed by atoms with van der Waals surface area (Å²) in [6, 6.07) is 7.36. The van der Waals surface area contributed by atoms with Crippen molar-refractivity contribution in [1.29, 1.82) is 0 Å². The Kier molecular flexibility index (Phi) is 6.87. The molecule has 150 valence electrons. The van der Waals surface area contributed by atoms with E-state index in [-0.39, 0.29) is 11.3 Å². The minimum absolute atomic E-state index is 0.0678. The molecule has 6 nitrogen and oxygen atoms in total. The van der Waals surface area contributed by atoms with E-state index in [0.717, 1.165) is 23.3 Å². The average molecular weight is 384 g/mol. The van der Waals surface area contributed by atoms with Gasteiger partial charge in [-0.15, -0.1) is 0 Å². The maximum atomic E-state index is 11.2. The van der Waals surface area contributed by atoms with E-state index in [1.54, 1.807) is 12.1 Å². The lowest BCUT2D eigenvalue weighted by Gasteiger charge is -2.29. The third kappa shape index (κ3) is 4.12. The van der Waals surface area contributed by atoms with Gasteiger partial charge in [-0.05, 0) is 49.5 Å². The number of hydrogen-bond donors (Lipinski definition) is 1. The van der Waals surface area contributed by atoms with Gasteiger partial charge in [-0.25, -0.2) is 0 Å². The molecule has 0 radical (unpaired) electrons. The number of carbonyl (C=O) groups excluding carboxylic acids is 1. The molecular weight excluding hydrogens is 356 g/mol. The number of carbonyl (C=O) groups is 1. The molecule has 1 aromatic heterocycles. The first-order valence-electron chi connectivity index (χ1n) is 10.0. The van der Waals surface area contributed by atoms with E-state index in [1.807, 2.05) is 26.1 Å². The van der Waals surface area contributed by atoms with Gasteiger partial charge in [0.1, 0.15) is 18.1 Å². The number of aldehydes is 1. The summed E-state index contributed by atoms with van der Waals surface area (Å²) in [5, 5.41) is 14.3. The number of aromatic nitrogens is 2. The van der Waals surface area contributed by atoms with E-state index in [9.17, 15) is 9.90 Å². The van der Waals surface area contributed by atoms with Crippen LogP contribution in [0.3, 0.4) is 0 Å². The molecule has 0 spiro atoms. The van der Waals surface area contributed by atoms with Gasteiger partial charge in [0.15, 0.2) is 6.29 Å². The summed E-state index contributed by atoms with van der Waals surface area (Å²) in [4.78, 5) is 11.2. The summed E-state index contributed by atoms with van der Waals surface area (Å²) < 4.78 is 13.7. The first-order chi connectivity index (χ1) is 13.8. The minimum Gasteiger partial charge on any atom is -0.507 e. The topological polar surface area (TPSA) is 73.6 Å². The van der Waals surface area contributed by atoms with Crippen molar-refractivity contribution in [3.05, 3.63) is 47.3 Å². The van der Waals surface area contributed by atoms with Crippen molar-refractivity contribution in [2.45, 2.75) is 45.6 Å². The molecule has 1 aliphatic heterocycles. The van der Waals surface area contributed by atoms with Crippen LogP contribution in [0.25, 0.3) is 5.57 Å². The van der Waals surface area contributed by atoms with Crippen LogP contribution in [0.5, 0.6) is 11.5 Å². The zero-order chi connectivity index (χ0) is 19.9. The van der Waals surface area contributed by atoms with Crippen molar-refractivity contribution in [1.82, 2.24) is 9.78 Å². The van der Waals surface area contributed by atoms with Gasteiger partial charge in [-0.1, -0.05) is 19.9 Å². The highest BCUT2D eigenvalue weighted by Gasteiger charge is 2.25. The van der Waals surface area contributed by atoms with Crippen LogP contribution in [0.4, 0.5) is 0 Å².